The van der Waals surface area contributed by atoms with Gasteiger partial charge in [-0.25, -0.2) is 4.79 Å². The quantitative estimate of drug-likeness (QED) is 0.447. The van der Waals surface area contributed by atoms with Crippen molar-refractivity contribution in [3.63, 3.8) is 0 Å². The smallest absolute Gasteiger partial charge is 0.355 e. The van der Waals surface area contributed by atoms with Gasteiger partial charge in [0.15, 0.2) is 0 Å². The van der Waals surface area contributed by atoms with Gasteiger partial charge in [0.2, 0.25) is 0 Å². The molecular formula is C11H11NO2. The van der Waals surface area contributed by atoms with Crippen LogP contribution in [0.3, 0.4) is 0 Å². The zero-order chi connectivity index (χ0) is 10.4. The van der Waals surface area contributed by atoms with Crippen molar-refractivity contribution in [1.29, 1.82) is 0 Å². The number of rotatable bonds is 3. The third-order valence-electron chi connectivity index (χ3n) is 1.65. The maximum Gasteiger partial charge on any atom is 0.355 e. The largest absolute Gasteiger partial charge is 0.370 e. The topological polar surface area (TPSA) is 52.3 Å². The van der Waals surface area contributed by atoms with Crippen LogP contribution in [-0.4, -0.2) is 5.97 Å². The van der Waals surface area contributed by atoms with Gasteiger partial charge in [0.05, 0.1) is 5.57 Å². The molecule has 0 unspecified atom stereocenters. The van der Waals surface area contributed by atoms with Crippen LogP contribution in [0.1, 0.15) is 5.56 Å². The van der Waals surface area contributed by atoms with E-state index in [1.54, 1.807) is 12.2 Å². The van der Waals surface area contributed by atoms with Crippen molar-refractivity contribution in [3.8, 4) is 0 Å². The Hall–Kier alpha value is -1.87. The molecule has 0 atom stereocenters. The Balaban J connectivity index is 2.65. The average molecular weight is 189 g/mol. The molecule has 3 nitrogen and oxygen atoms in total. The number of benzene rings is 1. The van der Waals surface area contributed by atoms with E-state index in [0.717, 1.165) is 5.56 Å². The molecule has 0 saturated carbocycles. The number of hydrogen-bond acceptors (Lipinski definition) is 3. The van der Waals surface area contributed by atoms with Crippen LogP contribution in [0.15, 0.2) is 48.6 Å². The summed E-state index contributed by atoms with van der Waals surface area (Å²) in [6.45, 7) is 3.50. The third kappa shape index (κ3) is 2.88. The van der Waals surface area contributed by atoms with Crippen LogP contribution in [0, 0.1) is 0 Å². The van der Waals surface area contributed by atoms with E-state index in [9.17, 15) is 4.79 Å². The summed E-state index contributed by atoms with van der Waals surface area (Å²) < 4.78 is 0. The lowest BCUT2D eigenvalue weighted by Gasteiger charge is -1.95. The van der Waals surface area contributed by atoms with E-state index in [1.165, 1.54) is 0 Å². The molecule has 14 heavy (non-hydrogen) atoms. The first-order chi connectivity index (χ1) is 6.74. The minimum Gasteiger partial charge on any atom is -0.370 e. The maximum atomic E-state index is 10.8. The van der Waals surface area contributed by atoms with Gasteiger partial charge in [-0.1, -0.05) is 43.0 Å². The van der Waals surface area contributed by atoms with E-state index >= 15 is 0 Å². The lowest BCUT2D eigenvalue weighted by molar-refractivity contribution is -0.139. The van der Waals surface area contributed by atoms with Crippen molar-refractivity contribution in [3.05, 3.63) is 54.1 Å². The zero-order valence-electron chi connectivity index (χ0n) is 7.64. The van der Waals surface area contributed by atoms with Gasteiger partial charge in [-0.15, -0.1) is 0 Å². The Kier molecular flexibility index (Phi) is 3.64. The van der Waals surface area contributed by atoms with Crippen LogP contribution in [0.5, 0.6) is 0 Å². The second-order valence-electron chi connectivity index (χ2n) is 2.67. The van der Waals surface area contributed by atoms with Gasteiger partial charge in [0.1, 0.15) is 0 Å². The molecule has 0 aliphatic heterocycles. The van der Waals surface area contributed by atoms with Crippen LogP contribution in [0.25, 0.3) is 6.08 Å². The molecular weight excluding hydrogens is 178 g/mol. The molecule has 0 fully saturated rings. The van der Waals surface area contributed by atoms with Crippen molar-refractivity contribution < 1.29 is 9.63 Å². The van der Waals surface area contributed by atoms with Crippen LogP contribution in [-0.2, 0) is 9.63 Å². The summed E-state index contributed by atoms with van der Waals surface area (Å²) in [5.74, 6) is 4.07. The molecule has 72 valence electrons. The van der Waals surface area contributed by atoms with Gasteiger partial charge in [0, 0.05) is 0 Å². The Morgan fingerprint density at radius 3 is 2.57 bits per heavy atom. The lowest BCUT2D eigenvalue weighted by Crippen LogP contribution is -2.10. The number of carbonyl (C=O) groups is 1. The van der Waals surface area contributed by atoms with Crippen LogP contribution >= 0.6 is 0 Å². The molecule has 3 heteroatoms. The molecule has 0 amide bonds. The van der Waals surface area contributed by atoms with Crippen LogP contribution in [0.4, 0.5) is 0 Å². The maximum absolute atomic E-state index is 10.8. The summed E-state index contributed by atoms with van der Waals surface area (Å²) in [6, 6.07) is 9.56. The fourth-order valence-corrected chi connectivity index (χ4v) is 0.905. The number of hydrogen-bond donors (Lipinski definition) is 1. The van der Waals surface area contributed by atoms with Crippen LogP contribution in [0.2, 0.25) is 0 Å². The fraction of sp³-hybridized carbons (Fsp3) is 0. The molecule has 1 aromatic carbocycles. The number of carbonyl (C=O) groups excluding carboxylic acids is 1. The highest BCUT2D eigenvalue weighted by Crippen LogP contribution is 2.04. The highest BCUT2D eigenvalue weighted by atomic mass is 16.7. The monoisotopic (exact) mass is 189 g/mol. The molecule has 2 N–H and O–H groups in total. The highest BCUT2D eigenvalue weighted by molar-refractivity contribution is 5.91. The average Bonchev–Trinajstić information content (AvgIpc) is 2.26. The van der Waals surface area contributed by atoms with Gasteiger partial charge < -0.3 is 4.84 Å². The van der Waals surface area contributed by atoms with Crippen molar-refractivity contribution in [2.75, 3.05) is 0 Å². The second kappa shape index (κ2) is 4.99. The summed E-state index contributed by atoms with van der Waals surface area (Å²) in [6.07, 6.45) is 3.32. The molecule has 0 bridgehead atoms. The zero-order valence-corrected chi connectivity index (χ0v) is 7.64. The summed E-state index contributed by atoms with van der Waals surface area (Å²) in [7, 11) is 0. The first kappa shape index (κ1) is 10.2. The van der Waals surface area contributed by atoms with Gasteiger partial charge in [-0.05, 0) is 11.6 Å². The Labute approximate surface area is 82.4 Å². The molecule has 0 saturated heterocycles. The number of nitrogens with two attached hydrogens (primary N) is 1. The van der Waals surface area contributed by atoms with E-state index in [2.05, 4.69) is 11.4 Å². The fourth-order valence-electron chi connectivity index (χ4n) is 0.905. The van der Waals surface area contributed by atoms with Crippen LogP contribution < -0.4 is 5.90 Å². The molecule has 0 aliphatic carbocycles. The Morgan fingerprint density at radius 1 is 1.36 bits per heavy atom. The minimum atomic E-state index is -0.628. The summed E-state index contributed by atoms with van der Waals surface area (Å²) in [5.41, 5.74) is 1.20. The van der Waals surface area contributed by atoms with Gasteiger partial charge in [-0.2, -0.15) is 5.90 Å². The van der Waals surface area contributed by atoms with E-state index < -0.39 is 5.97 Å². The van der Waals surface area contributed by atoms with E-state index in [0.29, 0.717) is 0 Å². The van der Waals surface area contributed by atoms with Gasteiger partial charge >= 0.3 is 5.97 Å². The first-order valence-electron chi connectivity index (χ1n) is 4.07. The molecule has 0 aromatic heterocycles. The van der Waals surface area contributed by atoms with E-state index in [-0.39, 0.29) is 5.57 Å². The Morgan fingerprint density at radius 2 is 2.00 bits per heavy atom. The predicted molar refractivity (Wildman–Crippen MR) is 54.9 cm³/mol. The normalized spacial score (nSPS) is 10.1. The summed E-state index contributed by atoms with van der Waals surface area (Å²) >= 11 is 0. The SMILES string of the molecule is C=C(C=Cc1ccccc1)C(=O)ON. The lowest BCUT2D eigenvalue weighted by atomic mass is 10.2. The van der Waals surface area contributed by atoms with E-state index in [4.69, 9.17) is 5.90 Å². The first-order valence-corrected chi connectivity index (χ1v) is 4.07. The molecule has 0 spiro atoms. The van der Waals surface area contributed by atoms with Crippen molar-refractivity contribution in [2.45, 2.75) is 0 Å². The molecule has 0 heterocycles. The highest BCUT2D eigenvalue weighted by Gasteiger charge is 2.01. The Bertz CT molecular complexity index is 355. The van der Waals surface area contributed by atoms with Gasteiger partial charge in [-0.3, -0.25) is 0 Å². The third-order valence-corrected chi connectivity index (χ3v) is 1.65. The molecule has 1 aromatic rings. The van der Waals surface area contributed by atoms with Gasteiger partial charge in [0.25, 0.3) is 0 Å². The molecule has 1 rings (SSSR count). The standard InChI is InChI=1S/C11H11NO2/c1-9(11(13)14-12)7-8-10-5-3-2-4-6-10/h2-8H,1,12H2. The molecule has 0 radical (unpaired) electrons. The van der Waals surface area contributed by atoms with E-state index in [1.807, 2.05) is 30.3 Å². The molecule has 0 aliphatic rings. The van der Waals surface area contributed by atoms with Crippen molar-refractivity contribution in [2.24, 2.45) is 5.90 Å². The minimum absolute atomic E-state index is 0.219. The summed E-state index contributed by atoms with van der Waals surface area (Å²) in [5, 5.41) is 0. The summed E-state index contributed by atoms with van der Waals surface area (Å²) in [4.78, 5) is 14.8. The van der Waals surface area contributed by atoms with Crippen molar-refractivity contribution in [1.82, 2.24) is 0 Å². The second-order valence-corrected chi connectivity index (χ2v) is 2.67. The van der Waals surface area contributed by atoms with Crippen molar-refractivity contribution >= 4 is 12.0 Å². The predicted octanol–water partition coefficient (Wildman–Crippen LogP) is 1.67.